The number of hydrogen-bond donors (Lipinski definition) is 1. The van der Waals surface area contributed by atoms with Gasteiger partial charge in [-0.15, -0.1) is 0 Å². The highest BCUT2D eigenvalue weighted by Crippen LogP contribution is 2.34. The van der Waals surface area contributed by atoms with Crippen molar-refractivity contribution in [3.8, 4) is 11.1 Å². The van der Waals surface area contributed by atoms with Crippen molar-refractivity contribution in [2.75, 3.05) is 13.3 Å². The van der Waals surface area contributed by atoms with E-state index >= 15 is 0 Å². The molecule has 0 spiro atoms. The molecule has 0 heterocycles. The molecule has 10 heteroatoms. The van der Waals surface area contributed by atoms with Gasteiger partial charge in [0.25, 0.3) is 0 Å². The van der Waals surface area contributed by atoms with Gasteiger partial charge in [0.15, 0.2) is 40.7 Å². The van der Waals surface area contributed by atoms with E-state index in [-0.39, 0.29) is 6.80 Å². The zero-order valence-electron chi connectivity index (χ0n) is 17.4. The van der Waals surface area contributed by atoms with Crippen LogP contribution in [0.25, 0.3) is 11.1 Å². The summed E-state index contributed by atoms with van der Waals surface area (Å²) in [4.78, 5) is 0. The molecule has 0 amide bonds. The zero-order chi connectivity index (χ0) is 24.3. The van der Waals surface area contributed by atoms with E-state index < -0.39 is 57.7 Å². The monoisotopic (exact) mass is 473 g/mol. The molecule has 0 bridgehead atoms. The van der Waals surface area contributed by atoms with Crippen LogP contribution in [0.4, 0.5) is 39.5 Å². The van der Waals surface area contributed by atoms with Gasteiger partial charge >= 0.3 is 0 Å². The fourth-order valence-corrected chi connectivity index (χ4v) is 2.83. The number of halogens is 9. The van der Waals surface area contributed by atoms with E-state index in [0.29, 0.717) is 12.1 Å². The van der Waals surface area contributed by atoms with Crippen LogP contribution in [-0.4, -0.2) is 13.3 Å². The molecule has 1 nitrogen and oxygen atoms in total. The minimum atomic E-state index is -2.44. The van der Waals surface area contributed by atoms with E-state index in [1.54, 1.807) is 0 Å². The molecule has 0 saturated carbocycles. The van der Waals surface area contributed by atoms with Crippen LogP contribution in [0.1, 0.15) is 51.9 Å². The Bertz CT molecular complexity index is 832. The standard InChI is InChI=1S/C12H2F8.C10H22FN/c13-4-2-1-3(6(14)7(4)15)5-8(16)10(18)12(20)11(19)9(5)17;1-2-3-4-5-6-7-8-9-12-10-11/h1-2H;12H,2-10H2,1H3. The van der Waals surface area contributed by atoms with Crippen LogP contribution in [0, 0.1) is 46.5 Å². The molecule has 1 N–H and O–H groups in total. The Labute approximate surface area is 180 Å². The number of nitrogens with one attached hydrogen (secondary N) is 1. The van der Waals surface area contributed by atoms with Crippen molar-refractivity contribution in [3.05, 3.63) is 58.7 Å². The topological polar surface area (TPSA) is 12.0 Å². The molecule has 0 radical (unpaired) electrons. The molecular formula is C22H24F9N. The summed E-state index contributed by atoms with van der Waals surface area (Å²) in [7, 11) is 0. The molecule has 0 aliphatic rings. The quantitative estimate of drug-likeness (QED) is 0.122. The first-order chi connectivity index (χ1) is 15.2. The lowest BCUT2D eigenvalue weighted by Gasteiger charge is -2.09. The van der Waals surface area contributed by atoms with Gasteiger partial charge in [-0.1, -0.05) is 45.4 Å². The zero-order valence-corrected chi connectivity index (χ0v) is 17.4. The van der Waals surface area contributed by atoms with E-state index in [0.717, 1.165) is 13.0 Å². The summed E-state index contributed by atoms with van der Waals surface area (Å²) in [5, 5.41) is 2.68. The Morgan fingerprint density at radius 1 is 0.594 bits per heavy atom. The molecule has 0 aliphatic heterocycles. The van der Waals surface area contributed by atoms with Crippen molar-refractivity contribution in [1.29, 1.82) is 0 Å². The number of alkyl halides is 1. The third kappa shape index (κ3) is 7.43. The molecule has 2 aromatic carbocycles. The molecule has 2 aromatic rings. The summed E-state index contributed by atoms with van der Waals surface area (Å²) in [6.45, 7) is 2.69. The fourth-order valence-electron chi connectivity index (χ4n) is 2.83. The maximum absolute atomic E-state index is 13.4. The Hall–Kier alpha value is -2.23. The van der Waals surface area contributed by atoms with Gasteiger partial charge in [0.05, 0.1) is 5.56 Å². The first kappa shape index (κ1) is 27.8. The lowest BCUT2D eigenvalue weighted by Crippen LogP contribution is -2.12. The average molecular weight is 473 g/mol. The molecule has 180 valence electrons. The van der Waals surface area contributed by atoms with Crippen LogP contribution in [0.3, 0.4) is 0 Å². The van der Waals surface area contributed by atoms with Crippen LogP contribution in [-0.2, 0) is 0 Å². The second kappa shape index (κ2) is 14.0. The third-order valence-corrected chi connectivity index (χ3v) is 4.57. The van der Waals surface area contributed by atoms with Crippen LogP contribution in [0.15, 0.2) is 12.1 Å². The summed E-state index contributed by atoms with van der Waals surface area (Å²) >= 11 is 0. The van der Waals surface area contributed by atoms with E-state index in [2.05, 4.69) is 12.2 Å². The molecule has 0 unspecified atom stereocenters. The predicted octanol–water partition coefficient (Wildman–Crippen LogP) is 7.72. The van der Waals surface area contributed by atoms with Crippen molar-refractivity contribution >= 4 is 0 Å². The smallest absolute Gasteiger partial charge is 0.200 e. The Morgan fingerprint density at radius 2 is 1.09 bits per heavy atom. The van der Waals surface area contributed by atoms with Crippen molar-refractivity contribution in [2.45, 2.75) is 51.9 Å². The summed E-state index contributed by atoms with van der Waals surface area (Å²) in [6.07, 6.45) is 9.07. The Morgan fingerprint density at radius 3 is 1.62 bits per heavy atom. The number of rotatable bonds is 10. The Balaban J connectivity index is 0.000000368. The van der Waals surface area contributed by atoms with Gasteiger partial charge in [-0.2, -0.15) is 0 Å². The predicted molar refractivity (Wildman–Crippen MR) is 104 cm³/mol. The van der Waals surface area contributed by atoms with E-state index in [4.69, 9.17) is 0 Å². The maximum atomic E-state index is 13.4. The summed E-state index contributed by atoms with van der Waals surface area (Å²) in [6, 6.07) is 0.665. The van der Waals surface area contributed by atoms with Gasteiger partial charge in [-0.05, 0) is 25.1 Å². The first-order valence-corrected chi connectivity index (χ1v) is 10.1. The van der Waals surface area contributed by atoms with Crippen molar-refractivity contribution in [1.82, 2.24) is 5.32 Å². The van der Waals surface area contributed by atoms with Crippen LogP contribution < -0.4 is 5.32 Å². The molecule has 32 heavy (non-hydrogen) atoms. The molecule has 0 saturated heterocycles. The molecule has 0 fully saturated rings. The lowest BCUT2D eigenvalue weighted by atomic mass is 10.0. The molecule has 0 atom stereocenters. The SMILES string of the molecule is CCCCCCCCCNCF.Fc1ccc(-c2c(F)c(F)c(F)c(F)c2F)c(F)c1F. The van der Waals surface area contributed by atoms with Gasteiger partial charge < -0.3 is 0 Å². The molecular weight excluding hydrogens is 449 g/mol. The van der Waals surface area contributed by atoms with Gasteiger partial charge in [0.2, 0.25) is 5.82 Å². The lowest BCUT2D eigenvalue weighted by molar-refractivity contribution is 0.380. The van der Waals surface area contributed by atoms with E-state index in [9.17, 15) is 39.5 Å². The summed E-state index contributed by atoms with van der Waals surface area (Å²) in [5.74, 6) is -17.6. The van der Waals surface area contributed by atoms with E-state index in [1.807, 2.05) is 0 Å². The minimum absolute atomic E-state index is 0.297. The maximum Gasteiger partial charge on any atom is 0.200 e. The molecule has 0 aliphatic carbocycles. The van der Waals surface area contributed by atoms with Crippen LogP contribution >= 0.6 is 0 Å². The van der Waals surface area contributed by atoms with Crippen molar-refractivity contribution in [2.24, 2.45) is 0 Å². The van der Waals surface area contributed by atoms with Crippen molar-refractivity contribution < 1.29 is 39.5 Å². The largest absolute Gasteiger partial charge is 0.290 e. The van der Waals surface area contributed by atoms with Crippen LogP contribution in [0.5, 0.6) is 0 Å². The minimum Gasteiger partial charge on any atom is -0.290 e. The van der Waals surface area contributed by atoms with Crippen LogP contribution in [0.2, 0.25) is 0 Å². The van der Waals surface area contributed by atoms with Crippen molar-refractivity contribution in [3.63, 3.8) is 0 Å². The highest BCUT2D eigenvalue weighted by Gasteiger charge is 2.29. The van der Waals surface area contributed by atoms with Gasteiger partial charge in [-0.3, -0.25) is 5.32 Å². The highest BCUT2D eigenvalue weighted by molar-refractivity contribution is 5.66. The average Bonchev–Trinajstić information content (AvgIpc) is 2.78. The number of unbranched alkanes of at least 4 members (excludes halogenated alkanes) is 6. The van der Waals surface area contributed by atoms with Gasteiger partial charge in [0.1, 0.15) is 6.80 Å². The molecule has 0 aromatic heterocycles. The Kier molecular flexibility index (Phi) is 12.2. The van der Waals surface area contributed by atoms with E-state index in [1.165, 1.54) is 38.5 Å². The normalized spacial score (nSPS) is 10.8. The second-order valence-corrected chi connectivity index (χ2v) is 6.92. The fraction of sp³-hybridized carbons (Fsp3) is 0.455. The number of hydrogen-bond acceptors (Lipinski definition) is 1. The highest BCUT2D eigenvalue weighted by atomic mass is 19.2. The summed E-state index contributed by atoms with van der Waals surface area (Å²) in [5.41, 5.74) is -2.95. The molecule has 2 rings (SSSR count). The van der Waals surface area contributed by atoms with Gasteiger partial charge in [0, 0.05) is 5.56 Å². The van der Waals surface area contributed by atoms with Gasteiger partial charge in [-0.25, -0.2) is 39.5 Å². The summed E-state index contributed by atoms with van der Waals surface area (Å²) < 4.78 is 116. The number of benzene rings is 2. The second-order valence-electron chi connectivity index (χ2n) is 6.92. The third-order valence-electron chi connectivity index (χ3n) is 4.57. The first-order valence-electron chi connectivity index (χ1n) is 10.1.